The number of carbonyl (C=O) groups is 1. The first-order valence-electron chi connectivity index (χ1n) is 11.9. The molecule has 3 aromatic rings. The normalized spacial score (nSPS) is 18.4. The first kappa shape index (κ1) is 23.8. The number of fused-ring (bicyclic) bond motifs is 1. The molecule has 7 heteroatoms. The smallest absolute Gasteiger partial charge is 0.303 e. The molecular weight excluding hydrogens is 430 g/mol. The molecule has 1 aliphatic heterocycles. The van der Waals surface area contributed by atoms with Crippen LogP contribution < -0.4 is 4.74 Å². The summed E-state index contributed by atoms with van der Waals surface area (Å²) in [4.78, 5) is 21.9. The highest BCUT2D eigenvalue weighted by Crippen LogP contribution is 2.32. The van der Waals surface area contributed by atoms with Crippen LogP contribution in [-0.2, 0) is 11.2 Å². The number of aryl methyl sites for hydroxylation is 1. The summed E-state index contributed by atoms with van der Waals surface area (Å²) in [7, 11) is 1.68. The summed E-state index contributed by atoms with van der Waals surface area (Å²) < 4.78 is 10.6. The molecule has 4 rings (SSSR count). The lowest BCUT2D eigenvalue weighted by atomic mass is 9.79. The van der Waals surface area contributed by atoms with E-state index in [1.807, 2.05) is 18.3 Å². The largest absolute Gasteiger partial charge is 0.497 e. The fraction of sp³-hybridized carbons (Fsp3) is 0.444. The summed E-state index contributed by atoms with van der Waals surface area (Å²) in [6.07, 6.45) is 9.98. The van der Waals surface area contributed by atoms with Gasteiger partial charge < -0.3 is 14.3 Å². The van der Waals surface area contributed by atoms with Crippen molar-refractivity contribution in [3.63, 3.8) is 0 Å². The van der Waals surface area contributed by atoms with Crippen molar-refractivity contribution in [2.24, 2.45) is 11.8 Å². The first-order chi connectivity index (χ1) is 16.6. The van der Waals surface area contributed by atoms with Gasteiger partial charge in [0.1, 0.15) is 5.75 Å². The van der Waals surface area contributed by atoms with Crippen LogP contribution in [0.4, 0.5) is 0 Å². The van der Waals surface area contributed by atoms with Gasteiger partial charge in [-0.05, 0) is 86.2 Å². The van der Waals surface area contributed by atoms with E-state index in [1.54, 1.807) is 13.3 Å². The van der Waals surface area contributed by atoms with Crippen LogP contribution in [0.5, 0.6) is 5.75 Å². The van der Waals surface area contributed by atoms with E-state index in [4.69, 9.17) is 9.15 Å². The number of rotatable bonds is 9. The molecule has 7 nitrogen and oxygen atoms in total. The second kappa shape index (κ2) is 11.7. The number of ether oxygens (including phenoxy) is 1. The van der Waals surface area contributed by atoms with Crippen LogP contribution in [-0.4, -0.2) is 52.7 Å². The van der Waals surface area contributed by atoms with Crippen molar-refractivity contribution in [1.29, 1.82) is 0 Å². The maximum atomic E-state index is 11.2. The van der Waals surface area contributed by atoms with Crippen molar-refractivity contribution in [1.82, 2.24) is 14.9 Å². The molecule has 1 aromatic carbocycles. The minimum absolute atomic E-state index is 0.216. The van der Waals surface area contributed by atoms with E-state index >= 15 is 0 Å². The minimum atomic E-state index is -0.724. The summed E-state index contributed by atoms with van der Waals surface area (Å²) in [6, 6.07) is 8.10. The van der Waals surface area contributed by atoms with E-state index in [1.165, 1.54) is 12.0 Å². The Labute approximate surface area is 200 Å². The molecule has 0 aliphatic carbocycles. The van der Waals surface area contributed by atoms with E-state index < -0.39 is 5.97 Å². The van der Waals surface area contributed by atoms with Gasteiger partial charge in [0.25, 0.3) is 0 Å². The van der Waals surface area contributed by atoms with Gasteiger partial charge in [-0.1, -0.05) is 5.92 Å². The van der Waals surface area contributed by atoms with Crippen LogP contribution in [0.1, 0.15) is 43.4 Å². The Morgan fingerprint density at radius 2 is 2.21 bits per heavy atom. The Kier molecular flexibility index (Phi) is 8.16. The van der Waals surface area contributed by atoms with Gasteiger partial charge in [-0.25, -0.2) is 4.98 Å². The summed E-state index contributed by atoms with van der Waals surface area (Å²) in [5.41, 5.74) is 2.27. The van der Waals surface area contributed by atoms with Gasteiger partial charge in [-0.3, -0.25) is 14.7 Å². The molecule has 1 N–H and O–H groups in total. The minimum Gasteiger partial charge on any atom is -0.497 e. The summed E-state index contributed by atoms with van der Waals surface area (Å²) in [6.45, 7) is 2.52. The number of carboxylic acid groups (broad SMARTS) is 1. The number of nitrogens with zero attached hydrogens (tertiary/aromatic N) is 3. The number of oxazole rings is 1. The Morgan fingerprint density at radius 3 is 3.00 bits per heavy atom. The highest BCUT2D eigenvalue weighted by molar-refractivity contribution is 5.83. The monoisotopic (exact) mass is 461 g/mol. The number of pyridine rings is 1. The molecule has 0 saturated carbocycles. The summed E-state index contributed by atoms with van der Waals surface area (Å²) in [5.74, 6) is 7.73. The predicted octanol–water partition coefficient (Wildman–Crippen LogP) is 4.41. The van der Waals surface area contributed by atoms with Crippen molar-refractivity contribution in [3.05, 3.63) is 54.4 Å². The molecule has 0 amide bonds. The molecular formula is C27H31N3O4. The van der Waals surface area contributed by atoms with Crippen LogP contribution in [0.2, 0.25) is 0 Å². The van der Waals surface area contributed by atoms with Gasteiger partial charge in [-0.15, -0.1) is 0 Å². The SMILES string of the molecule is COc1ccc2nccc(CCCC3CCN(CC#Cc4cnco4)CC3CCC(=O)O)c2c1. The number of hydrogen-bond donors (Lipinski definition) is 1. The number of benzene rings is 1. The van der Waals surface area contributed by atoms with Gasteiger partial charge in [0.15, 0.2) is 12.2 Å². The number of piperidine rings is 1. The number of aromatic nitrogens is 2. The Hall–Kier alpha value is -3.37. The van der Waals surface area contributed by atoms with Crippen LogP contribution in [0.25, 0.3) is 10.9 Å². The molecule has 34 heavy (non-hydrogen) atoms. The number of carboxylic acids is 1. The molecule has 1 saturated heterocycles. The zero-order valence-electron chi connectivity index (χ0n) is 19.6. The Morgan fingerprint density at radius 1 is 1.29 bits per heavy atom. The fourth-order valence-corrected chi connectivity index (χ4v) is 4.91. The topological polar surface area (TPSA) is 88.7 Å². The average molecular weight is 462 g/mol. The third-order valence-electron chi connectivity index (χ3n) is 6.71. The van der Waals surface area contributed by atoms with E-state index in [0.29, 0.717) is 30.6 Å². The van der Waals surface area contributed by atoms with Gasteiger partial charge in [0.2, 0.25) is 0 Å². The predicted molar refractivity (Wildman–Crippen MR) is 130 cm³/mol. The van der Waals surface area contributed by atoms with Crippen molar-refractivity contribution in [3.8, 4) is 17.6 Å². The van der Waals surface area contributed by atoms with Crippen molar-refractivity contribution >= 4 is 16.9 Å². The standard InChI is InChI=1S/C27H31N3O4/c1-33-23-8-9-26-25(16-23)21(11-13-29-26)5-2-4-20-12-15-30(18-22(20)7-10-27(31)32)14-3-6-24-17-28-19-34-24/h8-9,11,13,16-17,19-20,22H,2,4-5,7,10,12,14-15,18H2,1H3,(H,31,32). The molecule has 0 radical (unpaired) electrons. The molecule has 2 aromatic heterocycles. The highest BCUT2D eigenvalue weighted by Gasteiger charge is 2.29. The molecule has 0 spiro atoms. The second-order valence-electron chi connectivity index (χ2n) is 8.89. The lowest BCUT2D eigenvalue weighted by Gasteiger charge is -2.38. The fourth-order valence-electron chi connectivity index (χ4n) is 4.91. The molecule has 2 unspecified atom stereocenters. The van der Waals surface area contributed by atoms with Gasteiger partial charge >= 0.3 is 5.97 Å². The second-order valence-corrected chi connectivity index (χ2v) is 8.89. The Balaban J connectivity index is 1.35. The van der Waals surface area contributed by atoms with E-state index in [2.05, 4.69) is 38.8 Å². The average Bonchev–Trinajstić information content (AvgIpc) is 3.37. The summed E-state index contributed by atoms with van der Waals surface area (Å²) in [5, 5.41) is 10.4. The van der Waals surface area contributed by atoms with E-state index in [9.17, 15) is 9.90 Å². The molecule has 0 bridgehead atoms. The van der Waals surface area contributed by atoms with Crippen molar-refractivity contribution in [2.75, 3.05) is 26.7 Å². The molecule has 1 fully saturated rings. The zero-order valence-corrected chi connectivity index (χ0v) is 19.6. The third kappa shape index (κ3) is 6.36. The van der Waals surface area contributed by atoms with Gasteiger partial charge in [0.05, 0.1) is 25.4 Å². The van der Waals surface area contributed by atoms with Gasteiger partial charge in [-0.2, -0.15) is 0 Å². The molecule has 3 heterocycles. The number of methoxy groups -OCH3 is 1. The number of aliphatic carboxylic acids is 1. The van der Waals surface area contributed by atoms with Crippen LogP contribution >= 0.6 is 0 Å². The molecule has 2 atom stereocenters. The zero-order chi connectivity index (χ0) is 23.8. The lowest BCUT2D eigenvalue weighted by Crippen LogP contribution is -2.41. The first-order valence-corrected chi connectivity index (χ1v) is 11.9. The summed E-state index contributed by atoms with van der Waals surface area (Å²) >= 11 is 0. The number of likely N-dealkylation sites (tertiary alicyclic amines) is 1. The van der Waals surface area contributed by atoms with Crippen LogP contribution in [0, 0.1) is 23.7 Å². The Bertz CT molecular complexity index is 1150. The molecule has 178 valence electrons. The van der Waals surface area contributed by atoms with E-state index in [0.717, 1.165) is 55.4 Å². The lowest BCUT2D eigenvalue weighted by molar-refractivity contribution is -0.137. The van der Waals surface area contributed by atoms with Crippen LogP contribution in [0.3, 0.4) is 0 Å². The maximum Gasteiger partial charge on any atom is 0.303 e. The third-order valence-corrected chi connectivity index (χ3v) is 6.71. The van der Waals surface area contributed by atoms with Crippen molar-refractivity contribution < 1.29 is 19.1 Å². The highest BCUT2D eigenvalue weighted by atomic mass is 16.5. The van der Waals surface area contributed by atoms with Gasteiger partial charge in [0, 0.05) is 24.5 Å². The maximum absolute atomic E-state index is 11.2. The van der Waals surface area contributed by atoms with Crippen LogP contribution in [0.15, 0.2) is 47.5 Å². The molecule has 1 aliphatic rings. The number of hydrogen-bond acceptors (Lipinski definition) is 6. The van der Waals surface area contributed by atoms with E-state index in [-0.39, 0.29) is 6.42 Å². The van der Waals surface area contributed by atoms with Crippen molar-refractivity contribution in [2.45, 2.75) is 38.5 Å². The quantitative estimate of drug-likeness (QED) is 0.472.